The number of rotatable bonds is 6. The van der Waals surface area contributed by atoms with Crippen LogP contribution >= 0.6 is 0 Å². The van der Waals surface area contributed by atoms with E-state index in [1.165, 1.54) is 0 Å². The number of benzene rings is 2. The number of para-hydroxylation sites is 1. The Bertz CT molecular complexity index is 888. The molecule has 6 heteroatoms. The Kier molecular flexibility index (Phi) is 7.22. The molecule has 1 fully saturated rings. The van der Waals surface area contributed by atoms with Crippen LogP contribution in [-0.4, -0.2) is 42.3 Å². The fraction of sp³-hybridized carbons (Fsp3) is 0.375. The predicted molar refractivity (Wildman–Crippen MR) is 117 cm³/mol. The highest BCUT2D eigenvalue weighted by molar-refractivity contribution is 6.04. The average Bonchev–Trinajstić information content (AvgIpc) is 2.72. The van der Waals surface area contributed by atoms with Crippen LogP contribution in [0.5, 0.6) is 0 Å². The molecule has 6 nitrogen and oxygen atoms in total. The highest BCUT2D eigenvalue weighted by Gasteiger charge is 2.27. The lowest BCUT2D eigenvalue weighted by molar-refractivity contribution is -0.123. The van der Waals surface area contributed by atoms with Gasteiger partial charge in [0.25, 0.3) is 5.91 Å². The van der Waals surface area contributed by atoms with E-state index >= 15 is 0 Å². The summed E-state index contributed by atoms with van der Waals surface area (Å²) in [5.74, 6) is 0.255. The third kappa shape index (κ3) is 5.92. The maximum Gasteiger partial charge on any atom is 0.255 e. The van der Waals surface area contributed by atoms with Crippen molar-refractivity contribution in [2.24, 2.45) is 11.8 Å². The minimum atomic E-state index is -0.364. The van der Waals surface area contributed by atoms with Gasteiger partial charge in [0, 0.05) is 13.1 Å². The van der Waals surface area contributed by atoms with Gasteiger partial charge in [0.2, 0.25) is 11.8 Å². The molecule has 1 aliphatic heterocycles. The summed E-state index contributed by atoms with van der Waals surface area (Å²) >= 11 is 0. The van der Waals surface area contributed by atoms with Crippen LogP contribution in [0.1, 0.15) is 36.2 Å². The van der Waals surface area contributed by atoms with Crippen molar-refractivity contribution >= 4 is 23.4 Å². The molecule has 0 unspecified atom stereocenters. The van der Waals surface area contributed by atoms with Gasteiger partial charge in [-0.2, -0.15) is 0 Å². The van der Waals surface area contributed by atoms with E-state index in [-0.39, 0.29) is 30.7 Å². The number of anilines is 1. The third-order valence-corrected chi connectivity index (χ3v) is 5.24. The number of piperidine rings is 1. The molecule has 1 heterocycles. The second-order valence-electron chi connectivity index (χ2n) is 8.19. The molecule has 2 N–H and O–H groups in total. The maximum absolute atomic E-state index is 13.1. The van der Waals surface area contributed by atoms with E-state index in [4.69, 9.17) is 0 Å². The van der Waals surface area contributed by atoms with Gasteiger partial charge in [-0.25, -0.2) is 0 Å². The second kappa shape index (κ2) is 10.1. The van der Waals surface area contributed by atoms with Crippen molar-refractivity contribution in [2.75, 3.05) is 25.0 Å². The van der Waals surface area contributed by atoms with Gasteiger partial charge in [-0.1, -0.05) is 56.3 Å². The van der Waals surface area contributed by atoms with Gasteiger partial charge in [-0.15, -0.1) is 0 Å². The summed E-state index contributed by atoms with van der Waals surface area (Å²) in [4.78, 5) is 39.4. The Morgan fingerprint density at radius 3 is 2.23 bits per heavy atom. The molecule has 3 rings (SSSR count). The number of nitrogens with zero attached hydrogens (tertiary/aromatic N) is 1. The van der Waals surface area contributed by atoms with Crippen LogP contribution in [-0.2, 0) is 16.0 Å². The molecular formula is C24H29N3O3. The Morgan fingerprint density at radius 2 is 1.53 bits per heavy atom. The number of hydrogen-bond acceptors (Lipinski definition) is 3. The van der Waals surface area contributed by atoms with Crippen LogP contribution in [0.25, 0.3) is 0 Å². The lowest BCUT2D eigenvalue weighted by Gasteiger charge is -2.35. The zero-order valence-electron chi connectivity index (χ0n) is 17.6. The highest BCUT2D eigenvalue weighted by Crippen LogP contribution is 2.25. The van der Waals surface area contributed by atoms with E-state index in [1.54, 1.807) is 24.3 Å². The number of nitrogens with one attached hydrogen (secondary N) is 2. The van der Waals surface area contributed by atoms with Gasteiger partial charge in [0.05, 0.1) is 24.2 Å². The van der Waals surface area contributed by atoms with Crippen molar-refractivity contribution in [1.82, 2.24) is 10.2 Å². The van der Waals surface area contributed by atoms with E-state index < -0.39 is 0 Å². The van der Waals surface area contributed by atoms with Crippen LogP contribution in [0, 0.1) is 11.8 Å². The van der Waals surface area contributed by atoms with Crippen molar-refractivity contribution in [2.45, 2.75) is 26.7 Å². The van der Waals surface area contributed by atoms with Crippen LogP contribution < -0.4 is 10.6 Å². The Hall–Kier alpha value is -3.15. The topological polar surface area (TPSA) is 78.5 Å². The van der Waals surface area contributed by atoms with Gasteiger partial charge in [0.1, 0.15) is 0 Å². The summed E-state index contributed by atoms with van der Waals surface area (Å²) < 4.78 is 0. The second-order valence-corrected chi connectivity index (χ2v) is 8.19. The molecule has 2 atom stereocenters. The molecule has 30 heavy (non-hydrogen) atoms. The molecule has 2 aromatic rings. The largest absolute Gasteiger partial charge is 0.347 e. The summed E-state index contributed by atoms with van der Waals surface area (Å²) in [7, 11) is 0. The third-order valence-electron chi connectivity index (χ3n) is 5.24. The first-order valence-electron chi connectivity index (χ1n) is 10.4. The fourth-order valence-corrected chi connectivity index (χ4v) is 3.99. The van der Waals surface area contributed by atoms with Crippen molar-refractivity contribution in [1.29, 1.82) is 0 Å². The molecule has 0 spiro atoms. The molecule has 0 radical (unpaired) electrons. The Balaban J connectivity index is 1.58. The molecule has 0 bridgehead atoms. The molecule has 0 aromatic heterocycles. The molecule has 1 aliphatic rings. The van der Waals surface area contributed by atoms with E-state index in [0.717, 1.165) is 25.1 Å². The van der Waals surface area contributed by atoms with Gasteiger partial charge in [-0.3, -0.25) is 14.4 Å². The maximum atomic E-state index is 13.1. The van der Waals surface area contributed by atoms with Crippen molar-refractivity contribution in [3.63, 3.8) is 0 Å². The predicted octanol–water partition coefficient (Wildman–Crippen LogP) is 3.10. The smallest absolute Gasteiger partial charge is 0.255 e. The number of carbonyl (C=O) groups is 3. The minimum Gasteiger partial charge on any atom is -0.347 e. The molecular weight excluding hydrogens is 378 g/mol. The Morgan fingerprint density at radius 1 is 0.900 bits per heavy atom. The SMILES string of the molecule is C[C@@H]1C[C@@H](C)CN(C(=O)c2ccccc2NC(=O)CNC(=O)Cc2ccccc2)C1. The van der Waals surface area contributed by atoms with Crippen LogP contribution in [0.2, 0.25) is 0 Å². The normalized spacial score (nSPS) is 18.5. The fourth-order valence-electron chi connectivity index (χ4n) is 3.99. The lowest BCUT2D eigenvalue weighted by atomic mass is 9.91. The van der Waals surface area contributed by atoms with Crippen LogP contribution in [0.15, 0.2) is 54.6 Å². The van der Waals surface area contributed by atoms with Gasteiger partial charge in [-0.05, 0) is 36.0 Å². The number of carbonyl (C=O) groups excluding carboxylic acids is 3. The molecule has 3 amide bonds. The first-order chi connectivity index (χ1) is 14.4. The quantitative estimate of drug-likeness (QED) is 0.772. The summed E-state index contributed by atoms with van der Waals surface area (Å²) in [6.45, 7) is 5.61. The van der Waals surface area contributed by atoms with Crippen molar-refractivity contribution in [3.8, 4) is 0 Å². The van der Waals surface area contributed by atoms with Crippen LogP contribution in [0.4, 0.5) is 5.69 Å². The first kappa shape index (κ1) is 21.6. The number of likely N-dealkylation sites (tertiary alicyclic amines) is 1. The monoisotopic (exact) mass is 407 g/mol. The number of hydrogen-bond donors (Lipinski definition) is 2. The molecule has 1 saturated heterocycles. The summed E-state index contributed by atoms with van der Waals surface area (Å²) in [5.41, 5.74) is 1.83. The highest BCUT2D eigenvalue weighted by atomic mass is 16.2. The number of amides is 3. The van der Waals surface area contributed by atoms with E-state index in [2.05, 4.69) is 24.5 Å². The van der Waals surface area contributed by atoms with Crippen molar-refractivity contribution in [3.05, 3.63) is 65.7 Å². The zero-order chi connectivity index (χ0) is 21.5. The van der Waals surface area contributed by atoms with Crippen molar-refractivity contribution < 1.29 is 14.4 Å². The molecule has 2 aromatic carbocycles. The van der Waals surface area contributed by atoms with E-state index in [1.807, 2.05) is 35.2 Å². The zero-order valence-corrected chi connectivity index (χ0v) is 17.6. The van der Waals surface area contributed by atoms with Gasteiger partial charge in [0.15, 0.2) is 0 Å². The minimum absolute atomic E-state index is 0.0718. The standard InChI is InChI=1S/C24H29N3O3/c1-17-12-18(2)16-27(15-17)24(30)20-10-6-7-11-21(20)26-23(29)14-25-22(28)13-19-8-4-3-5-9-19/h3-11,17-18H,12-16H2,1-2H3,(H,25,28)(H,26,29)/t17-,18-/m1/s1. The molecule has 158 valence electrons. The van der Waals surface area contributed by atoms with Gasteiger partial charge < -0.3 is 15.5 Å². The summed E-state index contributed by atoms with van der Waals surface area (Å²) in [5, 5.41) is 5.40. The van der Waals surface area contributed by atoms with E-state index in [9.17, 15) is 14.4 Å². The van der Waals surface area contributed by atoms with Gasteiger partial charge >= 0.3 is 0 Å². The van der Waals surface area contributed by atoms with Crippen LogP contribution in [0.3, 0.4) is 0 Å². The van der Waals surface area contributed by atoms with E-state index in [0.29, 0.717) is 23.1 Å². The Labute approximate surface area is 177 Å². The average molecular weight is 408 g/mol. The summed E-state index contributed by atoms with van der Waals surface area (Å²) in [6.07, 6.45) is 1.33. The first-order valence-corrected chi connectivity index (χ1v) is 10.4. The lowest BCUT2D eigenvalue weighted by Crippen LogP contribution is -2.43. The summed E-state index contributed by atoms with van der Waals surface area (Å²) in [6, 6.07) is 16.4. The molecule has 0 saturated carbocycles. The molecule has 0 aliphatic carbocycles.